The average molecular weight is 255 g/mol. The number of rotatable bonds is 5. The fourth-order valence-electron chi connectivity index (χ4n) is 1.26. The summed E-state index contributed by atoms with van der Waals surface area (Å²) in [7, 11) is -0.945. The second-order valence-corrected chi connectivity index (χ2v) is 5.51. The molecule has 1 rings (SSSR count). The third-order valence-corrected chi connectivity index (χ3v) is 3.74. The van der Waals surface area contributed by atoms with Crippen LogP contribution in [-0.2, 0) is 10.8 Å². The van der Waals surface area contributed by atoms with Crippen LogP contribution in [0.4, 0.5) is 5.69 Å². The number of carbonyl (C=O) groups is 1. The molecule has 4 N–H and O–H groups in total. The van der Waals surface area contributed by atoms with E-state index in [1.165, 1.54) is 0 Å². The SMILES string of the molecule is CC(CNC(=O)c1ccccc1NN)S(C)=O. The van der Waals surface area contributed by atoms with E-state index in [0.29, 0.717) is 17.8 Å². The van der Waals surface area contributed by atoms with Crippen LogP contribution in [-0.4, -0.2) is 28.2 Å². The highest BCUT2D eigenvalue weighted by molar-refractivity contribution is 7.84. The van der Waals surface area contributed by atoms with Crippen molar-refractivity contribution in [1.29, 1.82) is 0 Å². The first-order valence-electron chi connectivity index (χ1n) is 5.22. The molecule has 0 aliphatic heterocycles. The number of nitrogens with one attached hydrogen (secondary N) is 2. The average Bonchev–Trinajstić information content (AvgIpc) is 2.35. The van der Waals surface area contributed by atoms with Gasteiger partial charge >= 0.3 is 0 Å². The van der Waals surface area contributed by atoms with Crippen molar-refractivity contribution in [3.63, 3.8) is 0 Å². The number of hydrogen-bond acceptors (Lipinski definition) is 4. The first-order chi connectivity index (χ1) is 8.06. The van der Waals surface area contributed by atoms with Crippen molar-refractivity contribution in [3.05, 3.63) is 29.8 Å². The Balaban J connectivity index is 2.67. The Kier molecular flexibility index (Phi) is 5.11. The van der Waals surface area contributed by atoms with Crippen LogP contribution in [0.3, 0.4) is 0 Å². The topological polar surface area (TPSA) is 84.2 Å². The quantitative estimate of drug-likeness (QED) is 0.527. The van der Waals surface area contributed by atoms with Gasteiger partial charge in [-0.1, -0.05) is 12.1 Å². The Morgan fingerprint density at radius 2 is 2.12 bits per heavy atom. The second-order valence-electron chi connectivity index (χ2n) is 3.71. The molecule has 0 aliphatic rings. The van der Waals surface area contributed by atoms with Gasteiger partial charge in [-0.15, -0.1) is 0 Å². The predicted molar refractivity (Wildman–Crippen MR) is 70.1 cm³/mol. The van der Waals surface area contributed by atoms with E-state index in [1.54, 1.807) is 30.5 Å². The van der Waals surface area contributed by atoms with Crippen LogP contribution in [0.5, 0.6) is 0 Å². The van der Waals surface area contributed by atoms with Gasteiger partial charge in [0.05, 0.1) is 11.3 Å². The maximum atomic E-state index is 11.8. The van der Waals surface area contributed by atoms with Gasteiger partial charge in [0.2, 0.25) is 0 Å². The molecule has 0 fully saturated rings. The predicted octanol–water partition coefficient (Wildman–Crippen LogP) is 0.469. The lowest BCUT2D eigenvalue weighted by molar-refractivity contribution is 0.0955. The third-order valence-electron chi connectivity index (χ3n) is 2.44. The summed E-state index contributed by atoms with van der Waals surface area (Å²) in [6.07, 6.45) is 1.62. The highest BCUT2D eigenvalue weighted by Crippen LogP contribution is 2.12. The Morgan fingerprint density at radius 3 is 2.71 bits per heavy atom. The maximum Gasteiger partial charge on any atom is 0.253 e. The zero-order valence-electron chi connectivity index (χ0n) is 9.90. The van der Waals surface area contributed by atoms with E-state index in [0.717, 1.165) is 0 Å². The molecule has 1 amide bonds. The van der Waals surface area contributed by atoms with Crippen molar-refractivity contribution >= 4 is 22.4 Å². The van der Waals surface area contributed by atoms with E-state index in [-0.39, 0.29) is 11.2 Å². The molecule has 2 atom stereocenters. The highest BCUT2D eigenvalue weighted by atomic mass is 32.2. The lowest BCUT2D eigenvalue weighted by Crippen LogP contribution is -2.33. The minimum atomic E-state index is -0.945. The summed E-state index contributed by atoms with van der Waals surface area (Å²) in [5.41, 5.74) is 3.51. The molecule has 1 aromatic carbocycles. The summed E-state index contributed by atoms with van der Waals surface area (Å²) in [5, 5.41) is 2.65. The molecule has 2 unspecified atom stereocenters. The van der Waals surface area contributed by atoms with Crippen molar-refractivity contribution in [2.24, 2.45) is 5.84 Å². The van der Waals surface area contributed by atoms with Crippen molar-refractivity contribution in [1.82, 2.24) is 5.32 Å². The molecule has 1 aromatic rings. The number of carbonyl (C=O) groups excluding carboxylic acids is 1. The number of hydrogen-bond donors (Lipinski definition) is 3. The zero-order valence-corrected chi connectivity index (χ0v) is 10.7. The minimum Gasteiger partial charge on any atom is -0.351 e. The molecule has 0 heterocycles. The van der Waals surface area contributed by atoms with Gasteiger partial charge in [0.15, 0.2) is 0 Å². The van der Waals surface area contributed by atoms with Gasteiger partial charge in [0.25, 0.3) is 5.91 Å². The van der Waals surface area contributed by atoms with Crippen molar-refractivity contribution < 1.29 is 9.00 Å². The number of nitrogen functional groups attached to an aromatic ring is 1. The summed E-state index contributed by atoms with van der Waals surface area (Å²) in [6, 6.07) is 6.95. The first-order valence-corrected chi connectivity index (χ1v) is 6.84. The van der Waals surface area contributed by atoms with Gasteiger partial charge in [-0.2, -0.15) is 0 Å². The van der Waals surface area contributed by atoms with E-state index < -0.39 is 10.8 Å². The second kappa shape index (κ2) is 6.36. The Hall–Kier alpha value is -1.40. The van der Waals surface area contributed by atoms with Crippen LogP contribution < -0.4 is 16.6 Å². The first kappa shape index (κ1) is 13.7. The monoisotopic (exact) mass is 255 g/mol. The highest BCUT2D eigenvalue weighted by Gasteiger charge is 2.12. The molecule has 17 heavy (non-hydrogen) atoms. The molecule has 0 radical (unpaired) electrons. The van der Waals surface area contributed by atoms with E-state index in [9.17, 15) is 9.00 Å². The van der Waals surface area contributed by atoms with Crippen LogP contribution >= 0.6 is 0 Å². The standard InChI is InChI=1S/C11H17N3O2S/c1-8(17(2)16)7-13-11(15)9-5-3-4-6-10(9)14-12/h3-6,8,14H,7,12H2,1-2H3,(H,13,15). The van der Waals surface area contributed by atoms with Gasteiger partial charge in [0, 0.05) is 28.9 Å². The number of para-hydroxylation sites is 1. The Labute approximate surface area is 103 Å². The van der Waals surface area contributed by atoms with Crippen LogP contribution in [0, 0.1) is 0 Å². The van der Waals surface area contributed by atoms with Crippen molar-refractivity contribution in [2.45, 2.75) is 12.2 Å². The lowest BCUT2D eigenvalue weighted by atomic mass is 10.1. The Morgan fingerprint density at radius 1 is 1.47 bits per heavy atom. The molecule has 6 heteroatoms. The van der Waals surface area contributed by atoms with E-state index in [1.807, 2.05) is 6.92 Å². The smallest absolute Gasteiger partial charge is 0.253 e. The fraction of sp³-hybridized carbons (Fsp3) is 0.364. The van der Waals surface area contributed by atoms with Crippen LogP contribution in [0.2, 0.25) is 0 Å². The number of anilines is 1. The minimum absolute atomic E-state index is 0.0723. The fourth-order valence-corrected chi connectivity index (χ4v) is 1.57. The molecule has 0 aromatic heterocycles. The van der Waals surface area contributed by atoms with Crippen LogP contribution in [0.15, 0.2) is 24.3 Å². The van der Waals surface area contributed by atoms with E-state index in [4.69, 9.17) is 5.84 Å². The normalized spacial score (nSPS) is 13.8. The van der Waals surface area contributed by atoms with E-state index in [2.05, 4.69) is 10.7 Å². The summed E-state index contributed by atoms with van der Waals surface area (Å²) < 4.78 is 11.1. The summed E-state index contributed by atoms with van der Waals surface area (Å²) in [5.74, 6) is 5.09. The summed E-state index contributed by atoms with van der Waals surface area (Å²) >= 11 is 0. The van der Waals surface area contributed by atoms with Gasteiger partial charge < -0.3 is 10.7 Å². The number of benzene rings is 1. The van der Waals surface area contributed by atoms with E-state index >= 15 is 0 Å². The molecule has 0 saturated heterocycles. The zero-order chi connectivity index (χ0) is 12.8. The maximum absolute atomic E-state index is 11.8. The summed E-state index contributed by atoms with van der Waals surface area (Å²) in [4.78, 5) is 11.8. The molecular formula is C11H17N3O2S. The molecular weight excluding hydrogens is 238 g/mol. The largest absolute Gasteiger partial charge is 0.351 e. The van der Waals surface area contributed by atoms with Crippen molar-refractivity contribution in [2.75, 3.05) is 18.2 Å². The van der Waals surface area contributed by atoms with Gasteiger partial charge in [-0.25, -0.2) is 0 Å². The van der Waals surface area contributed by atoms with Gasteiger partial charge in [0.1, 0.15) is 0 Å². The lowest BCUT2D eigenvalue weighted by Gasteiger charge is -2.12. The summed E-state index contributed by atoms with van der Waals surface area (Å²) in [6.45, 7) is 2.20. The molecule has 0 bridgehead atoms. The third kappa shape index (κ3) is 3.83. The van der Waals surface area contributed by atoms with Crippen molar-refractivity contribution in [3.8, 4) is 0 Å². The molecule has 94 valence electrons. The number of nitrogens with two attached hydrogens (primary N) is 1. The Bertz CT molecular complexity index is 423. The van der Waals surface area contributed by atoms with Crippen LogP contribution in [0.1, 0.15) is 17.3 Å². The molecule has 0 spiro atoms. The molecule has 0 saturated carbocycles. The number of hydrazine groups is 1. The van der Waals surface area contributed by atoms with Gasteiger partial charge in [-0.3, -0.25) is 14.8 Å². The van der Waals surface area contributed by atoms with Gasteiger partial charge in [-0.05, 0) is 19.1 Å². The van der Waals surface area contributed by atoms with Crippen LogP contribution in [0.25, 0.3) is 0 Å². The molecule has 5 nitrogen and oxygen atoms in total. The number of amides is 1. The molecule has 0 aliphatic carbocycles.